The van der Waals surface area contributed by atoms with Gasteiger partial charge in [0, 0.05) is 0 Å². The molecular formula is C12H18N2O3. The van der Waals surface area contributed by atoms with Gasteiger partial charge in [0.1, 0.15) is 6.10 Å². The summed E-state index contributed by atoms with van der Waals surface area (Å²) in [4.78, 5) is 10.6. The number of benzene rings is 1. The van der Waals surface area contributed by atoms with Crippen LogP contribution in [0.15, 0.2) is 24.3 Å². The van der Waals surface area contributed by atoms with Crippen LogP contribution in [0.25, 0.3) is 0 Å². The van der Waals surface area contributed by atoms with E-state index in [1.165, 1.54) is 0 Å². The SMILES string of the molecule is NCCc1cccc(C(O)C(O)CC(N)=O)c1. The largest absolute Gasteiger partial charge is 0.390 e. The van der Waals surface area contributed by atoms with Crippen LogP contribution in [0.3, 0.4) is 0 Å². The van der Waals surface area contributed by atoms with Gasteiger partial charge >= 0.3 is 0 Å². The summed E-state index contributed by atoms with van der Waals surface area (Å²) < 4.78 is 0. The van der Waals surface area contributed by atoms with Crippen molar-refractivity contribution >= 4 is 5.91 Å². The molecule has 0 bridgehead atoms. The van der Waals surface area contributed by atoms with Gasteiger partial charge in [0.2, 0.25) is 5.91 Å². The van der Waals surface area contributed by atoms with E-state index in [0.717, 1.165) is 5.56 Å². The lowest BCUT2D eigenvalue weighted by atomic mass is 9.99. The van der Waals surface area contributed by atoms with Crippen molar-refractivity contribution < 1.29 is 15.0 Å². The average molecular weight is 238 g/mol. The van der Waals surface area contributed by atoms with E-state index in [9.17, 15) is 15.0 Å². The lowest BCUT2D eigenvalue weighted by Gasteiger charge is -2.17. The molecule has 1 amide bonds. The second kappa shape index (κ2) is 6.34. The zero-order valence-electron chi connectivity index (χ0n) is 9.54. The molecule has 0 aliphatic carbocycles. The number of amides is 1. The fourth-order valence-corrected chi connectivity index (χ4v) is 1.64. The summed E-state index contributed by atoms with van der Waals surface area (Å²) >= 11 is 0. The van der Waals surface area contributed by atoms with Crippen LogP contribution in [-0.4, -0.2) is 28.8 Å². The minimum absolute atomic E-state index is 0.262. The van der Waals surface area contributed by atoms with Gasteiger partial charge in [0.15, 0.2) is 0 Å². The fraction of sp³-hybridized carbons (Fsp3) is 0.417. The van der Waals surface area contributed by atoms with Crippen LogP contribution >= 0.6 is 0 Å². The van der Waals surface area contributed by atoms with E-state index < -0.39 is 18.1 Å². The van der Waals surface area contributed by atoms with Gasteiger partial charge in [0.25, 0.3) is 0 Å². The normalized spacial score (nSPS) is 14.3. The Morgan fingerprint density at radius 2 is 2.06 bits per heavy atom. The standard InChI is InChI=1S/C12H18N2O3/c13-5-4-8-2-1-3-9(6-8)12(17)10(15)7-11(14)16/h1-3,6,10,12,15,17H,4-5,7,13H2,(H2,14,16). The van der Waals surface area contributed by atoms with Gasteiger partial charge < -0.3 is 21.7 Å². The van der Waals surface area contributed by atoms with Crippen LogP contribution in [0.4, 0.5) is 0 Å². The topological polar surface area (TPSA) is 110 Å². The lowest BCUT2D eigenvalue weighted by molar-refractivity contribution is -0.121. The molecule has 5 nitrogen and oxygen atoms in total. The Balaban J connectivity index is 2.76. The zero-order chi connectivity index (χ0) is 12.8. The first-order valence-corrected chi connectivity index (χ1v) is 5.48. The second-order valence-electron chi connectivity index (χ2n) is 3.97. The van der Waals surface area contributed by atoms with Crippen molar-refractivity contribution in [2.24, 2.45) is 11.5 Å². The molecule has 0 aliphatic heterocycles. The predicted molar refractivity (Wildman–Crippen MR) is 64.0 cm³/mol. The first-order valence-electron chi connectivity index (χ1n) is 5.48. The van der Waals surface area contributed by atoms with E-state index in [1.54, 1.807) is 18.2 Å². The van der Waals surface area contributed by atoms with Crippen LogP contribution in [0.1, 0.15) is 23.7 Å². The quantitative estimate of drug-likeness (QED) is 0.533. The van der Waals surface area contributed by atoms with Crippen molar-refractivity contribution in [1.29, 1.82) is 0 Å². The number of rotatable bonds is 6. The third-order valence-electron chi connectivity index (χ3n) is 2.50. The summed E-state index contributed by atoms with van der Waals surface area (Å²) in [6.07, 6.45) is -1.85. The molecule has 17 heavy (non-hydrogen) atoms. The molecule has 2 atom stereocenters. The molecule has 0 fully saturated rings. The van der Waals surface area contributed by atoms with E-state index in [-0.39, 0.29) is 6.42 Å². The molecule has 94 valence electrons. The maximum absolute atomic E-state index is 10.6. The third-order valence-corrected chi connectivity index (χ3v) is 2.50. The smallest absolute Gasteiger partial charge is 0.220 e. The first kappa shape index (κ1) is 13.6. The number of aliphatic hydroxyl groups excluding tert-OH is 2. The molecule has 2 unspecified atom stereocenters. The lowest BCUT2D eigenvalue weighted by Crippen LogP contribution is -2.25. The fourth-order valence-electron chi connectivity index (χ4n) is 1.64. The minimum atomic E-state index is -1.18. The Labute approximate surface area is 100 Å². The van der Waals surface area contributed by atoms with Gasteiger partial charge in [-0.05, 0) is 24.1 Å². The van der Waals surface area contributed by atoms with Gasteiger partial charge in [-0.15, -0.1) is 0 Å². The summed E-state index contributed by atoms with van der Waals surface area (Å²) in [6.45, 7) is 0.517. The molecule has 0 aromatic heterocycles. The van der Waals surface area contributed by atoms with Crippen LogP contribution in [0.2, 0.25) is 0 Å². The molecule has 6 N–H and O–H groups in total. The predicted octanol–water partition coefficient (Wildman–Crippen LogP) is -0.543. The van der Waals surface area contributed by atoms with Crippen LogP contribution in [0.5, 0.6) is 0 Å². The summed E-state index contributed by atoms with van der Waals surface area (Å²) in [5, 5.41) is 19.4. The summed E-state index contributed by atoms with van der Waals surface area (Å²) in [5.41, 5.74) is 11.9. The molecule has 5 heteroatoms. The van der Waals surface area contributed by atoms with Crippen molar-refractivity contribution in [2.75, 3.05) is 6.54 Å². The van der Waals surface area contributed by atoms with Gasteiger partial charge in [-0.2, -0.15) is 0 Å². The molecule has 0 saturated carbocycles. The molecule has 1 aromatic carbocycles. The molecule has 0 saturated heterocycles. The molecule has 0 heterocycles. The maximum Gasteiger partial charge on any atom is 0.220 e. The summed E-state index contributed by atoms with van der Waals surface area (Å²) in [7, 11) is 0. The van der Waals surface area contributed by atoms with E-state index in [1.807, 2.05) is 6.07 Å². The number of hydrogen-bond acceptors (Lipinski definition) is 4. The Kier molecular flexibility index (Phi) is 5.09. The number of nitrogens with two attached hydrogens (primary N) is 2. The molecule has 1 aromatic rings. The molecule has 1 rings (SSSR count). The molecule has 0 aliphatic rings. The highest BCUT2D eigenvalue weighted by Crippen LogP contribution is 2.20. The summed E-state index contributed by atoms with van der Waals surface area (Å²) in [5.74, 6) is -0.644. The maximum atomic E-state index is 10.6. The second-order valence-corrected chi connectivity index (χ2v) is 3.97. The van der Waals surface area contributed by atoms with E-state index in [2.05, 4.69) is 0 Å². The minimum Gasteiger partial charge on any atom is -0.390 e. The molecule has 0 spiro atoms. The van der Waals surface area contributed by atoms with E-state index in [4.69, 9.17) is 11.5 Å². The number of carbonyl (C=O) groups is 1. The van der Waals surface area contributed by atoms with Crippen molar-refractivity contribution in [3.8, 4) is 0 Å². The van der Waals surface area contributed by atoms with E-state index >= 15 is 0 Å². The Morgan fingerprint density at radius 1 is 1.35 bits per heavy atom. The highest BCUT2D eigenvalue weighted by molar-refractivity contribution is 5.74. The highest BCUT2D eigenvalue weighted by atomic mass is 16.3. The Bertz CT molecular complexity index is 382. The third kappa shape index (κ3) is 4.14. The van der Waals surface area contributed by atoms with Crippen LogP contribution in [-0.2, 0) is 11.2 Å². The summed E-state index contributed by atoms with van der Waals surface area (Å²) in [6, 6.07) is 7.13. The monoisotopic (exact) mass is 238 g/mol. The molecular weight excluding hydrogens is 220 g/mol. The Morgan fingerprint density at radius 3 is 2.65 bits per heavy atom. The Hall–Kier alpha value is -1.43. The van der Waals surface area contributed by atoms with Gasteiger partial charge in [-0.3, -0.25) is 4.79 Å². The van der Waals surface area contributed by atoms with Gasteiger partial charge in [0.05, 0.1) is 12.5 Å². The number of aliphatic hydroxyl groups is 2. The zero-order valence-corrected chi connectivity index (χ0v) is 9.54. The van der Waals surface area contributed by atoms with Gasteiger partial charge in [-0.1, -0.05) is 24.3 Å². The van der Waals surface area contributed by atoms with Crippen molar-refractivity contribution in [2.45, 2.75) is 25.0 Å². The first-order chi connectivity index (χ1) is 8.04. The van der Waals surface area contributed by atoms with Crippen molar-refractivity contribution in [3.63, 3.8) is 0 Å². The number of carbonyl (C=O) groups excluding carboxylic acids is 1. The highest BCUT2D eigenvalue weighted by Gasteiger charge is 2.20. The van der Waals surface area contributed by atoms with Crippen LogP contribution in [0, 0.1) is 0 Å². The number of hydrogen-bond donors (Lipinski definition) is 4. The average Bonchev–Trinajstić information content (AvgIpc) is 2.28. The van der Waals surface area contributed by atoms with Crippen molar-refractivity contribution in [3.05, 3.63) is 35.4 Å². The molecule has 0 radical (unpaired) electrons. The van der Waals surface area contributed by atoms with E-state index in [0.29, 0.717) is 18.5 Å². The number of primary amides is 1. The van der Waals surface area contributed by atoms with Crippen molar-refractivity contribution in [1.82, 2.24) is 0 Å². The van der Waals surface area contributed by atoms with Gasteiger partial charge in [-0.25, -0.2) is 0 Å². The van der Waals surface area contributed by atoms with Crippen LogP contribution < -0.4 is 11.5 Å².